The zero-order valence-corrected chi connectivity index (χ0v) is 19.5. The Labute approximate surface area is 190 Å². The maximum absolute atomic E-state index is 12.1. The summed E-state index contributed by atoms with van der Waals surface area (Å²) in [5.41, 5.74) is 0.252. The van der Waals surface area contributed by atoms with Crippen LogP contribution in [0.5, 0.6) is 17.2 Å². The van der Waals surface area contributed by atoms with Gasteiger partial charge in [-0.25, -0.2) is 0 Å². The molecule has 2 rings (SSSR count). The number of rotatable bonds is 11. The minimum atomic E-state index is -4.63. The SMILES string of the molecule is CCCCCCCCCc1c(Oc2ccccc2)ccc([O-])c1S(=O)(=O)O.[Na+]. The molecule has 7 heteroatoms. The van der Waals surface area contributed by atoms with Crippen LogP contribution >= 0.6 is 0 Å². The van der Waals surface area contributed by atoms with Crippen molar-refractivity contribution in [1.82, 2.24) is 0 Å². The van der Waals surface area contributed by atoms with E-state index in [1.165, 1.54) is 25.3 Å². The van der Waals surface area contributed by atoms with Gasteiger partial charge in [-0.15, -0.1) is 0 Å². The van der Waals surface area contributed by atoms with E-state index in [9.17, 15) is 18.1 Å². The molecular weight excluding hydrogens is 387 g/mol. The number of hydrogen-bond donors (Lipinski definition) is 1. The molecule has 0 heterocycles. The van der Waals surface area contributed by atoms with E-state index in [0.717, 1.165) is 31.7 Å². The van der Waals surface area contributed by atoms with Crippen molar-refractivity contribution >= 4 is 10.1 Å². The predicted octanol–water partition coefficient (Wildman–Crippen LogP) is 2.10. The molecule has 2 aromatic rings. The monoisotopic (exact) mass is 414 g/mol. The van der Waals surface area contributed by atoms with E-state index in [1.54, 1.807) is 24.3 Å². The zero-order chi connectivity index (χ0) is 19.7. The van der Waals surface area contributed by atoms with Gasteiger partial charge in [0.2, 0.25) is 0 Å². The summed E-state index contributed by atoms with van der Waals surface area (Å²) >= 11 is 0. The van der Waals surface area contributed by atoms with Crippen LogP contribution in [0, 0.1) is 0 Å². The predicted molar refractivity (Wildman–Crippen MR) is 104 cm³/mol. The molecule has 5 nitrogen and oxygen atoms in total. The van der Waals surface area contributed by atoms with Crippen LogP contribution in [-0.2, 0) is 16.5 Å². The van der Waals surface area contributed by atoms with Crippen molar-refractivity contribution in [1.29, 1.82) is 0 Å². The molecule has 1 N–H and O–H groups in total. The summed E-state index contributed by atoms with van der Waals surface area (Å²) in [5, 5.41) is 12.1. The molecular formula is C21H27NaO5S. The first kappa shape index (κ1) is 25.0. The summed E-state index contributed by atoms with van der Waals surface area (Å²) < 4.78 is 38.9. The first-order valence-corrected chi connectivity index (χ1v) is 10.9. The molecule has 0 spiro atoms. The molecule has 0 fully saturated rings. The third kappa shape index (κ3) is 7.76. The summed E-state index contributed by atoms with van der Waals surface area (Å²) in [4.78, 5) is -0.568. The van der Waals surface area contributed by atoms with Crippen LogP contribution in [0.15, 0.2) is 47.4 Å². The summed E-state index contributed by atoms with van der Waals surface area (Å²) in [6.07, 6.45) is 7.84. The van der Waals surface area contributed by atoms with Crippen LogP contribution in [0.1, 0.15) is 57.4 Å². The zero-order valence-electron chi connectivity index (χ0n) is 16.7. The molecule has 0 saturated carbocycles. The number of unbranched alkanes of at least 4 members (excludes halogenated alkanes) is 6. The number of hydrogen-bond acceptors (Lipinski definition) is 4. The van der Waals surface area contributed by atoms with Gasteiger partial charge < -0.3 is 9.84 Å². The molecule has 0 unspecified atom stereocenters. The third-order valence-electron chi connectivity index (χ3n) is 4.44. The van der Waals surface area contributed by atoms with Crippen LogP contribution in [0.25, 0.3) is 0 Å². The standard InChI is InChI=1S/C21H28O5S.Na/c1-2-3-4-5-6-7-11-14-18-20(26-17-12-9-8-10-13-17)16-15-19(22)21(18)27(23,24)25;/h8-10,12-13,15-16,22H,2-7,11,14H2,1H3,(H,23,24,25);/q;+1/p-1. The van der Waals surface area contributed by atoms with Crippen LogP contribution in [-0.4, -0.2) is 13.0 Å². The molecule has 0 aliphatic carbocycles. The van der Waals surface area contributed by atoms with Crippen molar-refractivity contribution in [3.8, 4) is 17.2 Å². The molecule has 0 radical (unpaired) electrons. The number of para-hydroxylation sites is 1. The summed E-state index contributed by atoms with van der Waals surface area (Å²) in [7, 11) is -4.63. The van der Waals surface area contributed by atoms with Crippen molar-refractivity contribution in [3.63, 3.8) is 0 Å². The van der Waals surface area contributed by atoms with Crippen LogP contribution in [0.4, 0.5) is 0 Å². The van der Waals surface area contributed by atoms with Crippen molar-refractivity contribution in [2.75, 3.05) is 0 Å². The van der Waals surface area contributed by atoms with E-state index in [-0.39, 0.29) is 35.1 Å². The normalized spacial score (nSPS) is 11.1. The second kappa shape index (κ2) is 12.5. The second-order valence-electron chi connectivity index (χ2n) is 6.63. The smallest absolute Gasteiger partial charge is 0.872 e. The van der Waals surface area contributed by atoms with E-state index >= 15 is 0 Å². The molecule has 0 bridgehead atoms. The quantitative estimate of drug-likeness (QED) is 0.346. The van der Waals surface area contributed by atoms with Crippen LogP contribution in [0.3, 0.4) is 0 Å². The fraction of sp³-hybridized carbons (Fsp3) is 0.429. The van der Waals surface area contributed by atoms with Gasteiger partial charge >= 0.3 is 29.6 Å². The first-order chi connectivity index (χ1) is 12.9. The minimum Gasteiger partial charge on any atom is -0.872 e. The van der Waals surface area contributed by atoms with E-state index in [2.05, 4.69) is 6.92 Å². The molecule has 0 aromatic heterocycles. The second-order valence-corrected chi connectivity index (χ2v) is 7.99. The van der Waals surface area contributed by atoms with Gasteiger partial charge in [-0.2, -0.15) is 8.42 Å². The van der Waals surface area contributed by atoms with Gasteiger partial charge in [0.1, 0.15) is 11.5 Å². The average Bonchev–Trinajstić information content (AvgIpc) is 2.62. The summed E-state index contributed by atoms with van der Waals surface area (Å²) in [6, 6.07) is 11.5. The average molecular weight is 414 g/mol. The Hall–Kier alpha value is -1.05. The van der Waals surface area contributed by atoms with E-state index in [1.807, 2.05) is 6.07 Å². The van der Waals surface area contributed by atoms with Crippen molar-refractivity contribution < 1.29 is 52.4 Å². The molecule has 0 saturated heterocycles. The molecule has 0 aliphatic rings. The van der Waals surface area contributed by atoms with Crippen molar-refractivity contribution in [2.24, 2.45) is 0 Å². The molecule has 0 aliphatic heterocycles. The Morgan fingerprint density at radius 3 is 2.14 bits per heavy atom. The number of benzene rings is 2. The Kier molecular flexibility index (Phi) is 11.2. The van der Waals surface area contributed by atoms with Gasteiger partial charge in [-0.1, -0.05) is 75.5 Å². The van der Waals surface area contributed by atoms with Crippen LogP contribution in [0.2, 0.25) is 0 Å². The van der Waals surface area contributed by atoms with Crippen molar-refractivity contribution in [2.45, 2.75) is 63.2 Å². The minimum absolute atomic E-state index is 0. The fourth-order valence-electron chi connectivity index (χ4n) is 3.08. The largest absolute Gasteiger partial charge is 1.00 e. The molecule has 0 amide bonds. The van der Waals surface area contributed by atoms with Crippen molar-refractivity contribution in [3.05, 3.63) is 48.0 Å². The van der Waals surface area contributed by atoms with Gasteiger partial charge in [0.25, 0.3) is 10.1 Å². The number of ether oxygens (including phenoxy) is 1. The van der Waals surface area contributed by atoms with E-state index in [4.69, 9.17) is 4.74 Å². The Morgan fingerprint density at radius 2 is 1.54 bits per heavy atom. The van der Waals surface area contributed by atoms with Gasteiger partial charge in [0.15, 0.2) is 0 Å². The molecule has 0 atom stereocenters. The topological polar surface area (TPSA) is 86.7 Å². The van der Waals surface area contributed by atoms with Gasteiger partial charge in [0.05, 0.1) is 4.90 Å². The third-order valence-corrected chi connectivity index (χ3v) is 5.40. The van der Waals surface area contributed by atoms with Gasteiger partial charge in [-0.05, 0) is 31.0 Å². The molecule has 28 heavy (non-hydrogen) atoms. The first-order valence-electron chi connectivity index (χ1n) is 9.46. The molecule has 2 aromatic carbocycles. The van der Waals surface area contributed by atoms with E-state index in [0.29, 0.717) is 17.9 Å². The maximum Gasteiger partial charge on any atom is 1.00 e. The Bertz CT molecular complexity index is 822. The summed E-state index contributed by atoms with van der Waals surface area (Å²) in [5.74, 6) is 0.119. The van der Waals surface area contributed by atoms with E-state index < -0.39 is 20.8 Å². The Balaban J connectivity index is 0.00000392. The van der Waals surface area contributed by atoms with Crippen LogP contribution < -0.4 is 39.4 Å². The molecule has 148 valence electrons. The van der Waals surface area contributed by atoms with Gasteiger partial charge in [-0.3, -0.25) is 4.55 Å². The fourth-order valence-corrected chi connectivity index (χ4v) is 3.91. The maximum atomic E-state index is 12.1. The summed E-state index contributed by atoms with van der Waals surface area (Å²) in [6.45, 7) is 2.17. The van der Waals surface area contributed by atoms with Gasteiger partial charge in [0, 0.05) is 5.56 Å². The Morgan fingerprint density at radius 1 is 0.929 bits per heavy atom.